The van der Waals surface area contributed by atoms with E-state index < -0.39 is 15.9 Å². The zero-order valence-electron chi connectivity index (χ0n) is 12.7. The van der Waals surface area contributed by atoms with E-state index in [1.165, 1.54) is 0 Å². The number of benzene rings is 2. The van der Waals surface area contributed by atoms with Crippen molar-refractivity contribution in [3.63, 3.8) is 0 Å². The third-order valence-corrected chi connectivity index (χ3v) is 5.07. The van der Waals surface area contributed by atoms with E-state index in [1.807, 2.05) is 12.1 Å². The first-order valence-electron chi connectivity index (χ1n) is 7.27. The van der Waals surface area contributed by atoms with Gasteiger partial charge in [-0.15, -0.1) is 0 Å². The molecule has 2 aromatic carbocycles. The number of Topliss-reactive ketones (excluding diaryl/α,β-unsaturated/α-hetero) is 1. The summed E-state index contributed by atoms with van der Waals surface area (Å²) in [6, 6.07) is 12.3. The monoisotopic (exact) mass is 386 g/mol. The molecule has 0 atom stereocenters. The molecule has 2 aromatic rings. The van der Waals surface area contributed by atoms with Crippen LogP contribution in [0.5, 0.6) is 0 Å². The Hall–Kier alpha value is -1.40. The molecule has 0 bridgehead atoms. The van der Waals surface area contributed by atoms with E-state index in [-0.39, 0.29) is 18.6 Å². The minimum atomic E-state index is -4.06. The Morgan fingerprint density at radius 1 is 1.00 bits per heavy atom. The van der Waals surface area contributed by atoms with Crippen LogP contribution in [0.15, 0.2) is 42.5 Å². The number of carbonyl (C=O) groups excluding carboxylic acids is 1. The number of ketones is 1. The fourth-order valence-corrected chi connectivity index (χ4v) is 3.43. The van der Waals surface area contributed by atoms with Crippen LogP contribution in [0.4, 0.5) is 0 Å². The second-order valence-corrected chi connectivity index (χ2v) is 7.73. The molecular weight excluding hydrogens is 371 g/mol. The van der Waals surface area contributed by atoms with Gasteiger partial charge < -0.3 is 0 Å². The van der Waals surface area contributed by atoms with E-state index in [0.29, 0.717) is 22.0 Å². The van der Waals surface area contributed by atoms with Crippen LogP contribution in [0.1, 0.15) is 34.3 Å². The third kappa shape index (κ3) is 5.31. The normalized spacial score (nSPS) is 11.5. The van der Waals surface area contributed by atoms with Gasteiger partial charge >= 0.3 is 0 Å². The predicted octanol–water partition coefficient (Wildman–Crippen LogP) is 4.43. The molecule has 0 spiro atoms. The topological polar surface area (TPSA) is 71.4 Å². The number of rotatable bonds is 7. The summed E-state index contributed by atoms with van der Waals surface area (Å²) in [5.41, 5.74) is 2.01. The molecule has 0 fully saturated rings. The molecule has 0 saturated carbocycles. The summed E-state index contributed by atoms with van der Waals surface area (Å²) in [5.74, 6) is -0.616. The maximum absolute atomic E-state index is 12.4. The van der Waals surface area contributed by atoms with Crippen LogP contribution in [0.2, 0.25) is 10.0 Å². The fraction of sp³-hybridized carbons (Fsp3) is 0.235. The van der Waals surface area contributed by atoms with Crippen LogP contribution in [0.3, 0.4) is 0 Å². The summed E-state index contributed by atoms with van der Waals surface area (Å²) in [6.07, 6.45) is 0.505. The third-order valence-electron chi connectivity index (χ3n) is 3.55. The van der Waals surface area contributed by atoms with Crippen LogP contribution >= 0.6 is 23.2 Å². The maximum atomic E-state index is 12.4. The minimum Gasteiger partial charge on any atom is -0.294 e. The zero-order valence-corrected chi connectivity index (χ0v) is 15.0. The smallest absolute Gasteiger partial charge is 0.264 e. The first-order chi connectivity index (χ1) is 11.3. The van der Waals surface area contributed by atoms with Crippen LogP contribution in [-0.2, 0) is 16.5 Å². The molecule has 0 saturated heterocycles. The van der Waals surface area contributed by atoms with Gasteiger partial charge in [0.15, 0.2) is 5.78 Å². The fourth-order valence-electron chi connectivity index (χ4n) is 2.39. The summed E-state index contributed by atoms with van der Waals surface area (Å²) >= 11 is 12.4. The summed E-state index contributed by atoms with van der Waals surface area (Å²) in [4.78, 5) is 12.4. The summed E-state index contributed by atoms with van der Waals surface area (Å²) < 4.78 is 30.2. The Bertz CT molecular complexity index is 827. The zero-order chi connectivity index (χ0) is 17.7. The average molecular weight is 387 g/mol. The van der Waals surface area contributed by atoms with Crippen molar-refractivity contribution < 1.29 is 17.8 Å². The summed E-state index contributed by atoms with van der Waals surface area (Å²) in [6.45, 7) is 0. The van der Waals surface area contributed by atoms with E-state index in [1.54, 1.807) is 30.3 Å². The Labute approximate surface area is 151 Å². The van der Waals surface area contributed by atoms with Crippen molar-refractivity contribution in [3.05, 3.63) is 69.2 Å². The highest BCUT2D eigenvalue weighted by Gasteiger charge is 2.15. The number of carbonyl (C=O) groups is 1. The van der Waals surface area contributed by atoms with E-state index >= 15 is 0 Å². The molecule has 4 nitrogen and oxygen atoms in total. The van der Waals surface area contributed by atoms with Gasteiger partial charge in [0, 0.05) is 28.5 Å². The van der Waals surface area contributed by atoms with Crippen molar-refractivity contribution in [3.8, 4) is 0 Å². The lowest BCUT2D eigenvalue weighted by Gasteiger charge is -2.11. The second-order valence-electron chi connectivity index (χ2n) is 5.35. The highest BCUT2D eigenvalue weighted by atomic mass is 35.5. The first-order valence-corrected chi connectivity index (χ1v) is 9.63. The lowest BCUT2D eigenvalue weighted by Crippen LogP contribution is -2.09. The highest BCUT2D eigenvalue weighted by molar-refractivity contribution is 7.85. The average Bonchev–Trinajstić information content (AvgIpc) is 2.50. The maximum Gasteiger partial charge on any atom is 0.264 e. The van der Waals surface area contributed by atoms with Crippen molar-refractivity contribution in [1.29, 1.82) is 0 Å². The van der Waals surface area contributed by atoms with E-state index in [9.17, 15) is 13.2 Å². The molecule has 24 heavy (non-hydrogen) atoms. The highest BCUT2D eigenvalue weighted by Crippen LogP contribution is 2.28. The molecule has 0 aliphatic heterocycles. The van der Waals surface area contributed by atoms with Crippen molar-refractivity contribution >= 4 is 39.1 Å². The van der Waals surface area contributed by atoms with E-state index in [2.05, 4.69) is 0 Å². The molecule has 128 valence electrons. The van der Waals surface area contributed by atoms with Crippen LogP contribution in [0.25, 0.3) is 0 Å². The van der Waals surface area contributed by atoms with Crippen molar-refractivity contribution in [1.82, 2.24) is 0 Å². The van der Waals surface area contributed by atoms with Crippen LogP contribution < -0.4 is 0 Å². The Balaban J connectivity index is 2.20. The molecule has 0 amide bonds. The molecule has 0 radical (unpaired) electrons. The Morgan fingerprint density at radius 2 is 1.62 bits per heavy atom. The molecule has 0 aliphatic carbocycles. The van der Waals surface area contributed by atoms with Gasteiger partial charge in [-0.25, -0.2) is 0 Å². The standard InChI is InChI=1S/C17H16Cl2O4S/c18-15-7-3-8-16(19)14(15)11-12-5-1-2-6-13(12)17(20)9-4-10-24(21,22)23/h1-3,5-8H,4,9-11H2,(H,21,22,23). The Morgan fingerprint density at radius 3 is 2.25 bits per heavy atom. The second kappa shape index (κ2) is 8.12. The molecule has 2 rings (SSSR count). The molecule has 0 heterocycles. The van der Waals surface area contributed by atoms with Crippen molar-refractivity contribution in [2.24, 2.45) is 0 Å². The lowest BCUT2D eigenvalue weighted by atomic mass is 9.95. The largest absolute Gasteiger partial charge is 0.294 e. The van der Waals surface area contributed by atoms with Gasteiger partial charge in [-0.3, -0.25) is 9.35 Å². The van der Waals surface area contributed by atoms with Gasteiger partial charge in [-0.2, -0.15) is 8.42 Å². The van der Waals surface area contributed by atoms with Gasteiger partial charge in [0.25, 0.3) is 10.1 Å². The summed E-state index contributed by atoms with van der Waals surface area (Å²) in [7, 11) is -4.06. The predicted molar refractivity (Wildman–Crippen MR) is 95.7 cm³/mol. The molecule has 0 aliphatic rings. The molecule has 7 heteroatoms. The number of halogens is 2. The molecule has 0 aromatic heterocycles. The van der Waals surface area contributed by atoms with Gasteiger partial charge in [0.2, 0.25) is 0 Å². The molecule has 0 unspecified atom stereocenters. The quantitative estimate of drug-likeness (QED) is 0.563. The number of hydrogen-bond acceptors (Lipinski definition) is 3. The molecular formula is C17H16Cl2O4S. The SMILES string of the molecule is O=C(CCCS(=O)(=O)O)c1ccccc1Cc1c(Cl)cccc1Cl. The lowest BCUT2D eigenvalue weighted by molar-refractivity contribution is 0.0981. The van der Waals surface area contributed by atoms with E-state index in [0.717, 1.165) is 11.1 Å². The van der Waals surface area contributed by atoms with Crippen LogP contribution in [-0.4, -0.2) is 24.5 Å². The molecule has 1 N–H and O–H groups in total. The van der Waals surface area contributed by atoms with Gasteiger partial charge in [0.1, 0.15) is 0 Å². The minimum absolute atomic E-state index is 0.0348. The van der Waals surface area contributed by atoms with Crippen LogP contribution in [0, 0.1) is 0 Å². The Kier molecular flexibility index (Phi) is 6.40. The summed E-state index contributed by atoms with van der Waals surface area (Å²) in [5, 5.41) is 1.05. The van der Waals surface area contributed by atoms with Gasteiger partial charge in [-0.1, -0.05) is 53.5 Å². The van der Waals surface area contributed by atoms with Gasteiger partial charge in [0.05, 0.1) is 5.75 Å². The van der Waals surface area contributed by atoms with Gasteiger partial charge in [-0.05, 0) is 29.7 Å². The number of hydrogen-bond donors (Lipinski definition) is 1. The van der Waals surface area contributed by atoms with Crippen molar-refractivity contribution in [2.45, 2.75) is 19.3 Å². The first kappa shape index (κ1) is 18.9. The van der Waals surface area contributed by atoms with E-state index in [4.69, 9.17) is 27.8 Å². The van der Waals surface area contributed by atoms with Crippen molar-refractivity contribution in [2.75, 3.05) is 5.75 Å².